The lowest BCUT2D eigenvalue weighted by atomic mass is 10.00. The van der Waals surface area contributed by atoms with Gasteiger partial charge in [0.05, 0.1) is 12.6 Å². The van der Waals surface area contributed by atoms with Gasteiger partial charge in [0.15, 0.2) is 0 Å². The van der Waals surface area contributed by atoms with Gasteiger partial charge in [0, 0.05) is 23.3 Å². The number of amides is 1. The van der Waals surface area contributed by atoms with E-state index in [1.807, 2.05) is 42.5 Å². The first-order chi connectivity index (χ1) is 10.8. The van der Waals surface area contributed by atoms with Gasteiger partial charge in [0.25, 0.3) is 5.91 Å². The highest BCUT2D eigenvalue weighted by Gasteiger charge is 2.23. The molecule has 0 saturated carbocycles. The largest absolute Gasteiger partial charge is 0.493 e. The molecular formula is C18H19NO2S. The molecule has 2 aromatic carbocycles. The fourth-order valence-corrected chi connectivity index (χ4v) is 3.22. The number of carbonyl (C=O) groups is 1. The van der Waals surface area contributed by atoms with Gasteiger partial charge >= 0.3 is 0 Å². The number of carbonyl (C=O) groups excluding carboxylic acids is 1. The lowest BCUT2D eigenvalue weighted by Gasteiger charge is -2.26. The summed E-state index contributed by atoms with van der Waals surface area (Å²) in [6.07, 6.45) is 2.86. The highest BCUT2D eigenvalue weighted by atomic mass is 32.2. The number of hydrogen-bond acceptors (Lipinski definition) is 3. The highest BCUT2D eigenvalue weighted by molar-refractivity contribution is 7.97. The third-order valence-electron chi connectivity index (χ3n) is 3.76. The van der Waals surface area contributed by atoms with E-state index in [4.69, 9.17) is 4.74 Å². The molecule has 3 rings (SSSR count). The van der Waals surface area contributed by atoms with Crippen LogP contribution in [0.3, 0.4) is 0 Å². The van der Waals surface area contributed by atoms with Crippen LogP contribution in [0.5, 0.6) is 5.75 Å². The summed E-state index contributed by atoms with van der Waals surface area (Å²) in [4.78, 5) is 12.5. The third-order valence-corrected chi connectivity index (χ3v) is 4.39. The zero-order valence-electron chi connectivity index (χ0n) is 12.5. The molecule has 1 amide bonds. The Hall–Kier alpha value is -1.94. The summed E-state index contributed by atoms with van der Waals surface area (Å²) >= 11 is 1.75. The average molecular weight is 313 g/mol. The Bertz CT molecular complexity index is 672. The molecule has 114 valence electrons. The zero-order valence-corrected chi connectivity index (χ0v) is 13.4. The molecule has 3 nitrogen and oxygen atoms in total. The van der Waals surface area contributed by atoms with Crippen molar-refractivity contribution in [2.24, 2.45) is 0 Å². The zero-order chi connectivity index (χ0) is 15.4. The molecule has 0 radical (unpaired) electrons. The maximum Gasteiger partial charge on any atom is 0.251 e. The molecule has 1 heterocycles. The van der Waals surface area contributed by atoms with Gasteiger partial charge in [-0.25, -0.2) is 0 Å². The fraction of sp³-hybridized carbons (Fsp3) is 0.278. The quantitative estimate of drug-likeness (QED) is 0.933. The van der Waals surface area contributed by atoms with Crippen LogP contribution < -0.4 is 10.1 Å². The first-order valence-corrected chi connectivity index (χ1v) is 8.78. The lowest BCUT2D eigenvalue weighted by Crippen LogP contribution is -2.32. The molecule has 0 spiro atoms. The van der Waals surface area contributed by atoms with Crippen molar-refractivity contribution >= 4 is 17.7 Å². The van der Waals surface area contributed by atoms with E-state index in [-0.39, 0.29) is 11.9 Å². The minimum Gasteiger partial charge on any atom is -0.493 e. The van der Waals surface area contributed by atoms with Crippen LogP contribution in [0.1, 0.15) is 33.9 Å². The molecule has 1 aliphatic rings. The van der Waals surface area contributed by atoms with E-state index in [0.717, 1.165) is 29.1 Å². The SMILES string of the molecule is CSCc1cccc(C(=O)N[C@@H]2CCOc3ccccc32)c1. The standard InChI is InChI=1S/C18H19NO2S/c1-22-12-13-5-4-6-14(11-13)18(20)19-16-9-10-21-17-8-3-2-7-15(16)17/h2-8,11,16H,9-10,12H2,1H3,(H,19,20)/t16-/m1/s1. The number of rotatable bonds is 4. The van der Waals surface area contributed by atoms with Gasteiger partial charge in [-0.05, 0) is 30.0 Å². The number of thioether (sulfide) groups is 1. The number of nitrogens with one attached hydrogen (secondary N) is 1. The van der Waals surface area contributed by atoms with Crippen LogP contribution in [0.2, 0.25) is 0 Å². The third kappa shape index (κ3) is 3.28. The molecule has 0 aliphatic carbocycles. The first-order valence-electron chi connectivity index (χ1n) is 7.38. The minimum absolute atomic E-state index is 0.0154. The normalized spacial score (nSPS) is 16.5. The van der Waals surface area contributed by atoms with Gasteiger partial charge < -0.3 is 10.1 Å². The van der Waals surface area contributed by atoms with Crippen molar-refractivity contribution in [2.45, 2.75) is 18.2 Å². The number of ether oxygens (including phenoxy) is 1. The van der Waals surface area contributed by atoms with Gasteiger partial charge in [0.1, 0.15) is 5.75 Å². The van der Waals surface area contributed by atoms with Crippen molar-refractivity contribution in [3.8, 4) is 5.75 Å². The number of hydrogen-bond donors (Lipinski definition) is 1. The molecule has 0 aromatic heterocycles. The maximum atomic E-state index is 12.5. The Kier molecular flexibility index (Phi) is 4.68. The summed E-state index contributed by atoms with van der Waals surface area (Å²) in [7, 11) is 0. The van der Waals surface area contributed by atoms with Crippen LogP contribution >= 0.6 is 11.8 Å². The lowest BCUT2D eigenvalue weighted by molar-refractivity contribution is 0.0924. The van der Waals surface area contributed by atoms with Gasteiger partial charge in [0.2, 0.25) is 0 Å². The molecule has 1 atom stereocenters. The van der Waals surface area contributed by atoms with Crippen molar-refractivity contribution in [3.05, 3.63) is 65.2 Å². The molecule has 4 heteroatoms. The Morgan fingerprint density at radius 3 is 3.00 bits per heavy atom. The van der Waals surface area contributed by atoms with Crippen LogP contribution in [0.25, 0.3) is 0 Å². The number of benzene rings is 2. The van der Waals surface area contributed by atoms with Gasteiger partial charge in [-0.2, -0.15) is 11.8 Å². The van der Waals surface area contributed by atoms with Crippen molar-refractivity contribution < 1.29 is 9.53 Å². The first kappa shape index (κ1) is 15.0. The summed E-state index contributed by atoms with van der Waals surface area (Å²) < 4.78 is 5.64. The van der Waals surface area contributed by atoms with Crippen molar-refractivity contribution in [2.75, 3.05) is 12.9 Å². The van der Waals surface area contributed by atoms with Crippen LogP contribution in [0.15, 0.2) is 48.5 Å². The van der Waals surface area contributed by atoms with E-state index < -0.39 is 0 Å². The second-order valence-corrected chi connectivity index (χ2v) is 6.20. The topological polar surface area (TPSA) is 38.3 Å². The number of fused-ring (bicyclic) bond motifs is 1. The summed E-state index contributed by atoms with van der Waals surface area (Å²) in [5.74, 6) is 1.76. The monoisotopic (exact) mass is 313 g/mol. The van der Waals surface area contributed by atoms with Gasteiger partial charge in [-0.1, -0.05) is 30.3 Å². The Balaban J connectivity index is 1.76. The van der Waals surface area contributed by atoms with Crippen molar-refractivity contribution in [1.82, 2.24) is 5.32 Å². The van der Waals surface area contributed by atoms with E-state index >= 15 is 0 Å². The molecular weight excluding hydrogens is 294 g/mol. The predicted octanol–water partition coefficient (Wildman–Crippen LogP) is 3.80. The van der Waals surface area contributed by atoms with E-state index in [9.17, 15) is 4.79 Å². The van der Waals surface area contributed by atoms with Crippen molar-refractivity contribution in [1.29, 1.82) is 0 Å². The molecule has 2 aromatic rings. The summed E-state index contributed by atoms with van der Waals surface area (Å²) in [6, 6.07) is 15.7. The Labute approximate surface area is 135 Å². The highest BCUT2D eigenvalue weighted by Crippen LogP contribution is 2.31. The van der Waals surface area contributed by atoms with E-state index in [2.05, 4.69) is 17.6 Å². The van der Waals surface area contributed by atoms with Crippen LogP contribution in [0, 0.1) is 0 Å². The fourth-order valence-electron chi connectivity index (χ4n) is 2.70. The van der Waals surface area contributed by atoms with E-state index in [0.29, 0.717) is 6.61 Å². The summed E-state index contributed by atoms with van der Waals surface area (Å²) in [5.41, 5.74) is 2.95. The van der Waals surface area contributed by atoms with E-state index in [1.54, 1.807) is 11.8 Å². The smallest absolute Gasteiger partial charge is 0.251 e. The summed E-state index contributed by atoms with van der Waals surface area (Å²) in [5, 5.41) is 3.13. The second-order valence-electron chi connectivity index (χ2n) is 5.33. The molecule has 1 aliphatic heterocycles. The maximum absolute atomic E-state index is 12.5. The second kappa shape index (κ2) is 6.88. The Morgan fingerprint density at radius 2 is 2.14 bits per heavy atom. The van der Waals surface area contributed by atoms with Crippen molar-refractivity contribution in [3.63, 3.8) is 0 Å². The van der Waals surface area contributed by atoms with E-state index in [1.165, 1.54) is 5.56 Å². The molecule has 0 saturated heterocycles. The number of para-hydroxylation sites is 1. The van der Waals surface area contributed by atoms with Crippen LogP contribution in [-0.4, -0.2) is 18.8 Å². The molecule has 0 bridgehead atoms. The average Bonchev–Trinajstić information content (AvgIpc) is 2.56. The molecule has 0 unspecified atom stereocenters. The van der Waals surface area contributed by atoms with Gasteiger partial charge in [-0.3, -0.25) is 4.79 Å². The molecule has 22 heavy (non-hydrogen) atoms. The molecule has 1 N–H and O–H groups in total. The van der Waals surface area contributed by atoms with Crippen LogP contribution in [0.4, 0.5) is 0 Å². The Morgan fingerprint density at radius 1 is 1.27 bits per heavy atom. The van der Waals surface area contributed by atoms with Gasteiger partial charge in [-0.15, -0.1) is 0 Å². The molecule has 0 fully saturated rings. The predicted molar refractivity (Wildman–Crippen MR) is 90.4 cm³/mol. The summed E-state index contributed by atoms with van der Waals surface area (Å²) in [6.45, 7) is 0.633. The van der Waals surface area contributed by atoms with Crippen LogP contribution in [-0.2, 0) is 5.75 Å². The minimum atomic E-state index is -0.0235.